The molecule has 0 atom stereocenters. The van der Waals surface area contributed by atoms with E-state index in [1.807, 2.05) is 29.2 Å². The number of aromatic amines is 2. The molecule has 0 bridgehead atoms. The van der Waals surface area contributed by atoms with E-state index < -0.39 is 17.2 Å². The Hall–Kier alpha value is -2.67. The molecule has 0 radical (unpaired) electrons. The predicted octanol–water partition coefficient (Wildman–Crippen LogP) is -0.548. The van der Waals surface area contributed by atoms with Gasteiger partial charge in [-0.2, -0.15) is 0 Å². The van der Waals surface area contributed by atoms with Gasteiger partial charge < -0.3 is 16.0 Å². The summed E-state index contributed by atoms with van der Waals surface area (Å²) in [5.74, 6) is -0.517. The molecule has 1 aromatic heterocycles. The van der Waals surface area contributed by atoms with Gasteiger partial charge in [0.05, 0.1) is 0 Å². The monoisotopic (exact) mass is 274 g/mol. The molecule has 0 aliphatic heterocycles. The van der Waals surface area contributed by atoms with Gasteiger partial charge in [0.15, 0.2) is 0 Å². The van der Waals surface area contributed by atoms with E-state index in [-0.39, 0.29) is 5.69 Å². The maximum absolute atomic E-state index is 11.8. The lowest BCUT2D eigenvalue weighted by atomic mass is 10.1. The summed E-state index contributed by atoms with van der Waals surface area (Å²) >= 11 is 0. The van der Waals surface area contributed by atoms with E-state index in [9.17, 15) is 14.4 Å². The smallest absolute Gasteiger partial charge is 0.326 e. The van der Waals surface area contributed by atoms with E-state index in [1.54, 1.807) is 0 Å². The second-order valence-corrected chi connectivity index (χ2v) is 4.20. The molecule has 5 N–H and O–H groups in total. The summed E-state index contributed by atoms with van der Waals surface area (Å²) in [6, 6.07) is 8.48. The maximum atomic E-state index is 11.8. The van der Waals surface area contributed by atoms with Crippen LogP contribution in [0.1, 0.15) is 21.6 Å². The van der Waals surface area contributed by atoms with E-state index in [4.69, 9.17) is 5.73 Å². The van der Waals surface area contributed by atoms with Gasteiger partial charge in [0, 0.05) is 19.2 Å². The number of nitrogens with two attached hydrogens (primary N) is 1. The van der Waals surface area contributed by atoms with Crippen LogP contribution in [0.5, 0.6) is 0 Å². The van der Waals surface area contributed by atoms with Crippen LogP contribution in [0.4, 0.5) is 0 Å². The molecule has 7 heteroatoms. The molecule has 1 heterocycles. The molecule has 1 aromatic carbocycles. The molecule has 0 fully saturated rings. The van der Waals surface area contributed by atoms with E-state index in [1.165, 1.54) is 0 Å². The van der Waals surface area contributed by atoms with Crippen LogP contribution in [-0.2, 0) is 13.1 Å². The molecule has 1 amide bonds. The molecule has 7 nitrogen and oxygen atoms in total. The minimum Gasteiger partial charge on any atom is -0.347 e. The number of H-pyrrole nitrogens is 2. The molecule has 2 aromatic rings. The summed E-state index contributed by atoms with van der Waals surface area (Å²) in [6.45, 7) is 0.749. The first-order chi connectivity index (χ1) is 9.58. The van der Waals surface area contributed by atoms with Gasteiger partial charge in [-0.05, 0) is 11.1 Å². The minimum atomic E-state index is -0.713. The Labute approximate surface area is 113 Å². The molecular formula is C13H14N4O3. The molecule has 0 unspecified atom stereocenters. The average molecular weight is 274 g/mol. The van der Waals surface area contributed by atoms with Crippen molar-refractivity contribution in [3.05, 3.63) is 68.0 Å². The van der Waals surface area contributed by atoms with E-state index in [0.29, 0.717) is 13.1 Å². The molecular weight excluding hydrogens is 260 g/mol. The highest BCUT2D eigenvalue weighted by Crippen LogP contribution is 2.03. The fourth-order valence-electron chi connectivity index (χ4n) is 1.66. The number of rotatable bonds is 4. The minimum absolute atomic E-state index is 0.0719. The summed E-state index contributed by atoms with van der Waals surface area (Å²) in [5, 5.41) is 2.61. The summed E-state index contributed by atoms with van der Waals surface area (Å²) in [5.41, 5.74) is 5.98. The number of hydrogen-bond acceptors (Lipinski definition) is 4. The van der Waals surface area contributed by atoms with Gasteiger partial charge in [-0.15, -0.1) is 0 Å². The molecule has 0 spiro atoms. The van der Waals surface area contributed by atoms with Crippen LogP contribution in [0.3, 0.4) is 0 Å². The molecule has 0 saturated carbocycles. The Kier molecular flexibility index (Phi) is 4.11. The Morgan fingerprint density at radius 3 is 2.35 bits per heavy atom. The van der Waals surface area contributed by atoms with Crippen molar-refractivity contribution in [1.82, 2.24) is 15.3 Å². The third-order valence-corrected chi connectivity index (χ3v) is 2.72. The SMILES string of the molecule is NCc1ccc(CNC(=O)c2cc(=O)[nH]c(=O)[nH]2)cc1. The van der Waals surface area contributed by atoms with Crippen LogP contribution >= 0.6 is 0 Å². The van der Waals surface area contributed by atoms with E-state index in [0.717, 1.165) is 17.2 Å². The number of hydrogen-bond donors (Lipinski definition) is 4. The summed E-state index contributed by atoms with van der Waals surface area (Å²) in [7, 11) is 0. The quantitative estimate of drug-likeness (QED) is 0.597. The van der Waals surface area contributed by atoms with Crippen molar-refractivity contribution < 1.29 is 4.79 Å². The van der Waals surface area contributed by atoms with Gasteiger partial charge >= 0.3 is 5.69 Å². The van der Waals surface area contributed by atoms with Crippen molar-refractivity contribution in [2.45, 2.75) is 13.1 Å². The number of carbonyl (C=O) groups excluding carboxylic acids is 1. The molecule has 2 rings (SSSR count). The molecule has 0 aliphatic carbocycles. The maximum Gasteiger partial charge on any atom is 0.326 e. The van der Waals surface area contributed by atoms with Crippen molar-refractivity contribution in [1.29, 1.82) is 0 Å². The van der Waals surface area contributed by atoms with Gasteiger partial charge in [-0.25, -0.2) is 4.79 Å². The molecule has 104 valence electrons. The lowest BCUT2D eigenvalue weighted by molar-refractivity contribution is 0.0945. The highest BCUT2D eigenvalue weighted by Gasteiger charge is 2.07. The summed E-state index contributed by atoms with van der Waals surface area (Å²) < 4.78 is 0. The Bertz CT molecular complexity index is 687. The summed E-state index contributed by atoms with van der Waals surface area (Å²) in [6.07, 6.45) is 0. The zero-order valence-electron chi connectivity index (χ0n) is 10.6. The first kappa shape index (κ1) is 13.8. The zero-order chi connectivity index (χ0) is 14.5. The lowest BCUT2D eigenvalue weighted by Gasteiger charge is -2.05. The van der Waals surface area contributed by atoms with Crippen molar-refractivity contribution in [3.63, 3.8) is 0 Å². The third-order valence-electron chi connectivity index (χ3n) is 2.72. The highest BCUT2D eigenvalue weighted by atomic mass is 16.2. The van der Waals surface area contributed by atoms with Crippen molar-refractivity contribution >= 4 is 5.91 Å². The van der Waals surface area contributed by atoms with Crippen LogP contribution in [0, 0.1) is 0 Å². The van der Waals surface area contributed by atoms with E-state index >= 15 is 0 Å². The number of amides is 1. The normalized spacial score (nSPS) is 10.2. The second-order valence-electron chi connectivity index (χ2n) is 4.20. The predicted molar refractivity (Wildman–Crippen MR) is 73.2 cm³/mol. The van der Waals surface area contributed by atoms with Gasteiger partial charge in [0.1, 0.15) is 5.69 Å². The number of aromatic nitrogens is 2. The van der Waals surface area contributed by atoms with Crippen LogP contribution in [-0.4, -0.2) is 15.9 Å². The van der Waals surface area contributed by atoms with Gasteiger partial charge in [-0.3, -0.25) is 14.6 Å². The first-order valence-corrected chi connectivity index (χ1v) is 5.98. The van der Waals surface area contributed by atoms with Gasteiger partial charge in [-0.1, -0.05) is 24.3 Å². The average Bonchev–Trinajstić information content (AvgIpc) is 2.44. The Morgan fingerprint density at radius 2 is 1.75 bits per heavy atom. The van der Waals surface area contributed by atoms with Gasteiger partial charge in [0.25, 0.3) is 11.5 Å². The van der Waals surface area contributed by atoms with Crippen molar-refractivity contribution in [2.75, 3.05) is 0 Å². The van der Waals surface area contributed by atoms with Crippen LogP contribution in [0.25, 0.3) is 0 Å². The third kappa shape index (κ3) is 3.42. The summed E-state index contributed by atoms with van der Waals surface area (Å²) in [4.78, 5) is 38.2. The van der Waals surface area contributed by atoms with Crippen molar-refractivity contribution in [3.8, 4) is 0 Å². The first-order valence-electron chi connectivity index (χ1n) is 5.98. The standard InChI is InChI=1S/C13H14N4O3/c14-6-8-1-3-9(4-2-8)7-15-12(19)10-5-11(18)17-13(20)16-10/h1-5H,6-7,14H2,(H,15,19)(H2,16,17,18,20). The lowest BCUT2D eigenvalue weighted by Crippen LogP contribution is -2.30. The largest absolute Gasteiger partial charge is 0.347 e. The Balaban J connectivity index is 2.04. The fourth-order valence-corrected chi connectivity index (χ4v) is 1.66. The number of nitrogens with one attached hydrogen (secondary N) is 3. The molecule has 20 heavy (non-hydrogen) atoms. The highest BCUT2D eigenvalue weighted by molar-refractivity contribution is 5.91. The fraction of sp³-hybridized carbons (Fsp3) is 0.154. The second kappa shape index (κ2) is 5.98. The van der Waals surface area contributed by atoms with Crippen LogP contribution in [0.15, 0.2) is 39.9 Å². The van der Waals surface area contributed by atoms with Crippen LogP contribution < -0.4 is 22.3 Å². The number of benzene rings is 1. The zero-order valence-corrected chi connectivity index (χ0v) is 10.6. The Morgan fingerprint density at radius 1 is 1.10 bits per heavy atom. The topological polar surface area (TPSA) is 121 Å². The van der Waals surface area contributed by atoms with Crippen molar-refractivity contribution in [2.24, 2.45) is 5.73 Å². The molecule has 0 saturated heterocycles. The van der Waals surface area contributed by atoms with Gasteiger partial charge in [0.2, 0.25) is 0 Å². The number of carbonyl (C=O) groups is 1. The van der Waals surface area contributed by atoms with Crippen LogP contribution in [0.2, 0.25) is 0 Å². The molecule has 0 aliphatic rings. The van der Waals surface area contributed by atoms with E-state index in [2.05, 4.69) is 10.3 Å².